The molecule has 3 heterocycles. The summed E-state index contributed by atoms with van der Waals surface area (Å²) >= 11 is 1.55. The Morgan fingerprint density at radius 3 is 2.83 bits per heavy atom. The molecule has 3 N–H and O–H groups in total. The van der Waals surface area contributed by atoms with Crippen LogP contribution in [0.2, 0.25) is 0 Å². The minimum Gasteiger partial charge on any atom is -0.383 e. The molecule has 92 valence electrons. The number of nitrogens with two attached hydrogens (primary N) is 1. The van der Waals surface area contributed by atoms with Crippen LogP contribution in [0, 0.1) is 6.92 Å². The first-order valence-corrected chi connectivity index (χ1v) is 6.28. The Bertz CT molecular complexity index is 692. The molecule has 0 unspecified atom stereocenters. The summed E-state index contributed by atoms with van der Waals surface area (Å²) in [6.07, 6.45) is 3.65. The molecule has 3 rings (SSSR count). The van der Waals surface area contributed by atoms with Crippen molar-refractivity contribution >= 4 is 17.2 Å². The van der Waals surface area contributed by atoms with Gasteiger partial charge in [0.15, 0.2) is 0 Å². The van der Waals surface area contributed by atoms with Crippen LogP contribution < -0.4 is 5.73 Å². The van der Waals surface area contributed by atoms with Crippen molar-refractivity contribution in [2.45, 2.75) is 6.92 Å². The molecule has 3 aromatic heterocycles. The van der Waals surface area contributed by atoms with Crippen LogP contribution in [0.3, 0.4) is 0 Å². The topological polar surface area (TPSA) is 85.4 Å². The Morgan fingerprint density at radius 2 is 2.22 bits per heavy atom. The van der Waals surface area contributed by atoms with Crippen molar-refractivity contribution in [2.24, 2.45) is 7.05 Å². The molecular weight excluding hydrogens is 248 g/mol. The molecule has 0 aliphatic heterocycles. The van der Waals surface area contributed by atoms with Gasteiger partial charge in [0, 0.05) is 24.2 Å². The van der Waals surface area contributed by atoms with Gasteiger partial charge in [0.2, 0.25) is 0 Å². The van der Waals surface area contributed by atoms with Gasteiger partial charge in [-0.2, -0.15) is 10.2 Å². The number of H-pyrrole nitrogens is 1. The second kappa shape index (κ2) is 3.95. The van der Waals surface area contributed by atoms with Crippen LogP contribution in [0.25, 0.3) is 21.8 Å². The van der Waals surface area contributed by atoms with Crippen molar-refractivity contribution in [3.05, 3.63) is 23.5 Å². The molecular formula is C11H12N6S. The Balaban J connectivity index is 2.05. The molecule has 0 spiro atoms. The van der Waals surface area contributed by atoms with Gasteiger partial charge in [0.25, 0.3) is 0 Å². The third-order valence-corrected chi connectivity index (χ3v) is 3.57. The van der Waals surface area contributed by atoms with Gasteiger partial charge in [-0.3, -0.25) is 9.78 Å². The number of anilines is 1. The highest BCUT2D eigenvalue weighted by atomic mass is 32.1. The maximum absolute atomic E-state index is 5.79. The zero-order chi connectivity index (χ0) is 12.7. The standard InChI is InChI=1S/C11H12N6S/c1-6-8(4-17(2)16-6)9-5-18-11(14-9)7-3-13-15-10(7)12/h3-5H,1-2H3,(H3,12,13,15). The fraction of sp³-hybridized carbons (Fsp3) is 0.182. The molecule has 0 saturated carbocycles. The zero-order valence-electron chi connectivity index (χ0n) is 10.0. The van der Waals surface area contributed by atoms with E-state index in [1.807, 2.05) is 25.5 Å². The third-order valence-electron chi connectivity index (χ3n) is 2.69. The van der Waals surface area contributed by atoms with Crippen molar-refractivity contribution in [3.8, 4) is 21.8 Å². The lowest BCUT2D eigenvalue weighted by molar-refractivity contribution is 0.756. The average Bonchev–Trinajstić information content (AvgIpc) is 2.98. The lowest BCUT2D eigenvalue weighted by Gasteiger charge is -1.93. The Hall–Kier alpha value is -2.15. The van der Waals surface area contributed by atoms with Gasteiger partial charge < -0.3 is 5.73 Å². The van der Waals surface area contributed by atoms with Crippen LogP contribution in [0.15, 0.2) is 17.8 Å². The number of hydrogen-bond donors (Lipinski definition) is 2. The molecule has 0 amide bonds. The number of aromatic nitrogens is 5. The predicted octanol–water partition coefficient (Wildman–Crippen LogP) is 1.82. The van der Waals surface area contributed by atoms with Crippen molar-refractivity contribution < 1.29 is 0 Å². The summed E-state index contributed by atoms with van der Waals surface area (Å²) in [6.45, 7) is 1.97. The van der Waals surface area contributed by atoms with Crippen LogP contribution >= 0.6 is 11.3 Å². The molecule has 0 aliphatic carbocycles. The monoisotopic (exact) mass is 260 g/mol. The molecule has 0 fully saturated rings. The molecule has 0 bridgehead atoms. The highest BCUT2D eigenvalue weighted by molar-refractivity contribution is 7.13. The number of rotatable bonds is 2. The summed E-state index contributed by atoms with van der Waals surface area (Å²) in [4.78, 5) is 4.58. The van der Waals surface area contributed by atoms with Gasteiger partial charge >= 0.3 is 0 Å². The molecule has 0 atom stereocenters. The summed E-state index contributed by atoms with van der Waals surface area (Å²) in [5.74, 6) is 0.541. The van der Waals surface area contributed by atoms with E-state index in [-0.39, 0.29) is 0 Å². The van der Waals surface area contributed by atoms with E-state index in [1.54, 1.807) is 22.2 Å². The van der Waals surface area contributed by atoms with Gasteiger partial charge in [-0.1, -0.05) is 0 Å². The molecule has 0 aromatic carbocycles. The number of thiazole rings is 1. The Morgan fingerprint density at radius 1 is 1.39 bits per heavy atom. The summed E-state index contributed by atoms with van der Waals surface area (Å²) < 4.78 is 1.79. The van der Waals surface area contributed by atoms with Crippen molar-refractivity contribution in [1.82, 2.24) is 25.0 Å². The smallest absolute Gasteiger partial charge is 0.129 e. The predicted molar refractivity (Wildman–Crippen MR) is 71.0 cm³/mol. The third kappa shape index (κ3) is 1.68. The van der Waals surface area contributed by atoms with E-state index >= 15 is 0 Å². The van der Waals surface area contributed by atoms with Crippen LogP contribution in [-0.2, 0) is 7.05 Å². The molecule has 0 radical (unpaired) electrons. The summed E-state index contributed by atoms with van der Waals surface area (Å²) in [5.41, 5.74) is 9.56. The summed E-state index contributed by atoms with van der Waals surface area (Å²) in [7, 11) is 1.90. The number of hydrogen-bond acceptors (Lipinski definition) is 5. The molecule has 3 aromatic rings. The number of nitrogen functional groups attached to an aromatic ring is 1. The van der Waals surface area contributed by atoms with E-state index in [4.69, 9.17) is 5.73 Å². The Labute approximate surface area is 107 Å². The normalized spacial score (nSPS) is 11.0. The van der Waals surface area contributed by atoms with Crippen molar-refractivity contribution in [1.29, 1.82) is 0 Å². The minimum atomic E-state index is 0.541. The number of nitrogens with zero attached hydrogens (tertiary/aromatic N) is 4. The number of nitrogens with one attached hydrogen (secondary N) is 1. The van der Waals surface area contributed by atoms with E-state index in [2.05, 4.69) is 20.3 Å². The van der Waals surface area contributed by atoms with E-state index in [0.717, 1.165) is 27.5 Å². The summed E-state index contributed by atoms with van der Waals surface area (Å²) in [5, 5.41) is 13.8. The molecule has 6 nitrogen and oxygen atoms in total. The second-order valence-corrected chi connectivity index (χ2v) is 4.90. The lowest BCUT2D eigenvalue weighted by atomic mass is 10.2. The van der Waals surface area contributed by atoms with E-state index < -0.39 is 0 Å². The summed E-state index contributed by atoms with van der Waals surface area (Å²) in [6, 6.07) is 0. The van der Waals surface area contributed by atoms with E-state index in [1.165, 1.54) is 0 Å². The largest absolute Gasteiger partial charge is 0.383 e. The molecule has 7 heteroatoms. The van der Waals surface area contributed by atoms with Crippen LogP contribution in [0.1, 0.15) is 5.69 Å². The zero-order valence-corrected chi connectivity index (χ0v) is 10.8. The quantitative estimate of drug-likeness (QED) is 0.736. The Kier molecular flexibility index (Phi) is 2.41. The fourth-order valence-electron chi connectivity index (χ4n) is 1.84. The van der Waals surface area contributed by atoms with Crippen molar-refractivity contribution in [3.63, 3.8) is 0 Å². The van der Waals surface area contributed by atoms with Crippen LogP contribution in [0.5, 0.6) is 0 Å². The molecule has 18 heavy (non-hydrogen) atoms. The highest BCUT2D eigenvalue weighted by Crippen LogP contribution is 2.31. The van der Waals surface area contributed by atoms with Gasteiger partial charge in [0.05, 0.1) is 23.1 Å². The average molecular weight is 260 g/mol. The molecule has 0 saturated heterocycles. The SMILES string of the molecule is Cc1nn(C)cc1-c1csc(-c2cn[nH]c2N)n1. The van der Waals surface area contributed by atoms with Gasteiger partial charge in [-0.25, -0.2) is 4.98 Å². The van der Waals surface area contributed by atoms with E-state index in [9.17, 15) is 0 Å². The maximum Gasteiger partial charge on any atom is 0.129 e. The van der Waals surface area contributed by atoms with Gasteiger partial charge in [0.1, 0.15) is 10.8 Å². The second-order valence-electron chi connectivity index (χ2n) is 4.04. The van der Waals surface area contributed by atoms with Crippen LogP contribution in [-0.4, -0.2) is 25.0 Å². The maximum atomic E-state index is 5.79. The van der Waals surface area contributed by atoms with Gasteiger partial charge in [-0.15, -0.1) is 11.3 Å². The fourth-order valence-corrected chi connectivity index (χ4v) is 2.68. The first-order valence-electron chi connectivity index (χ1n) is 5.40. The van der Waals surface area contributed by atoms with Gasteiger partial charge in [-0.05, 0) is 6.92 Å². The van der Waals surface area contributed by atoms with E-state index in [0.29, 0.717) is 5.82 Å². The first kappa shape index (κ1) is 11.0. The lowest BCUT2D eigenvalue weighted by Crippen LogP contribution is -1.87. The van der Waals surface area contributed by atoms with Crippen LogP contribution in [0.4, 0.5) is 5.82 Å². The molecule has 0 aliphatic rings. The number of aryl methyl sites for hydroxylation is 2. The first-order chi connectivity index (χ1) is 8.65. The minimum absolute atomic E-state index is 0.541. The highest BCUT2D eigenvalue weighted by Gasteiger charge is 2.13. The number of aromatic amines is 1. The van der Waals surface area contributed by atoms with Crippen molar-refractivity contribution in [2.75, 3.05) is 5.73 Å².